The highest BCUT2D eigenvalue weighted by Crippen LogP contribution is 2.34. The fourth-order valence-corrected chi connectivity index (χ4v) is 4.32. The molecule has 0 heterocycles. The molecular formula is C18H25BrClN. The monoisotopic (exact) mass is 369 g/mol. The molecule has 2 aliphatic rings. The van der Waals surface area contributed by atoms with Crippen LogP contribution in [0.4, 0.5) is 0 Å². The van der Waals surface area contributed by atoms with Crippen molar-refractivity contribution in [2.75, 3.05) is 6.54 Å². The molecule has 1 aromatic carbocycles. The van der Waals surface area contributed by atoms with Gasteiger partial charge >= 0.3 is 0 Å². The van der Waals surface area contributed by atoms with Gasteiger partial charge in [-0.15, -0.1) is 0 Å². The van der Waals surface area contributed by atoms with E-state index < -0.39 is 0 Å². The van der Waals surface area contributed by atoms with Crippen LogP contribution in [-0.2, 0) is 6.42 Å². The predicted octanol–water partition coefficient (Wildman–Crippen LogP) is 5.59. The van der Waals surface area contributed by atoms with Gasteiger partial charge in [-0.25, -0.2) is 0 Å². The Labute approximate surface area is 142 Å². The normalized spacial score (nSPS) is 26.6. The molecule has 2 saturated carbocycles. The van der Waals surface area contributed by atoms with Crippen molar-refractivity contribution in [2.45, 2.75) is 57.4 Å². The molecule has 2 atom stereocenters. The summed E-state index contributed by atoms with van der Waals surface area (Å²) in [5.41, 5.74) is 1.32. The number of hydrogen-bond donors (Lipinski definition) is 1. The zero-order chi connectivity index (χ0) is 14.7. The van der Waals surface area contributed by atoms with Crippen molar-refractivity contribution in [3.8, 4) is 0 Å². The lowest BCUT2D eigenvalue weighted by atomic mass is 9.83. The third-order valence-electron chi connectivity index (χ3n) is 5.06. The van der Waals surface area contributed by atoms with Crippen molar-refractivity contribution in [1.29, 1.82) is 0 Å². The number of rotatable bonds is 5. The number of benzene rings is 1. The maximum atomic E-state index is 6.43. The predicted molar refractivity (Wildman–Crippen MR) is 93.9 cm³/mol. The van der Waals surface area contributed by atoms with Crippen LogP contribution in [0.2, 0.25) is 5.02 Å². The van der Waals surface area contributed by atoms with Gasteiger partial charge in [0.2, 0.25) is 0 Å². The van der Waals surface area contributed by atoms with E-state index in [1.54, 1.807) is 0 Å². The van der Waals surface area contributed by atoms with Gasteiger partial charge in [0.25, 0.3) is 0 Å². The fraction of sp³-hybridized carbons (Fsp3) is 0.667. The average Bonchev–Trinajstić information content (AvgIpc) is 3.27. The highest BCUT2D eigenvalue weighted by Gasteiger charge is 2.27. The molecule has 0 aromatic heterocycles. The first kappa shape index (κ1) is 15.8. The van der Waals surface area contributed by atoms with Crippen molar-refractivity contribution in [3.05, 3.63) is 33.3 Å². The fourth-order valence-electron chi connectivity index (χ4n) is 3.57. The third-order valence-corrected chi connectivity index (χ3v) is 5.90. The first-order valence-electron chi connectivity index (χ1n) is 8.39. The lowest BCUT2D eigenvalue weighted by molar-refractivity contribution is 0.297. The van der Waals surface area contributed by atoms with E-state index in [1.807, 2.05) is 6.07 Å². The minimum atomic E-state index is 0.789. The first-order chi connectivity index (χ1) is 10.2. The highest BCUT2D eigenvalue weighted by atomic mass is 79.9. The molecule has 1 nitrogen and oxygen atoms in total. The van der Waals surface area contributed by atoms with Crippen LogP contribution in [0.25, 0.3) is 0 Å². The van der Waals surface area contributed by atoms with Gasteiger partial charge in [0.1, 0.15) is 0 Å². The minimum Gasteiger partial charge on any atom is -0.314 e. The lowest BCUT2D eigenvalue weighted by Crippen LogP contribution is -2.30. The summed E-state index contributed by atoms with van der Waals surface area (Å²) >= 11 is 9.93. The van der Waals surface area contributed by atoms with Gasteiger partial charge < -0.3 is 5.32 Å². The van der Waals surface area contributed by atoms with Crippen molar-refractivity contribution >= 4 is 27.5 Å². The molecule has 116 valence electrons. The Bertz CT molecular complexity index is 472. The Morgan fingerprint density at radius 1 is 1.05 bits per heavy atom. The maximum Gasteiger partial charge on any atom is 0.0449 e. The Kier molecular flexibility index (Phi) is 5.64. The van der Waals surface area contributed by atoms with Crippen molar-refractivity contribution in [3.63, 3.8) is 0 Å². The molecule has 1 N–H and O–H groups in total. The van der Waals surface area contributed by atoms with Crippen molar-refractivity contribution in [1.82, 2.24) is 5.32 Å². The van der Waals surface area contributed by atoms with Gasteiger partial charge in [-0.1, -0.05) is 52.9 Å². The second kappa shape index (κ2) is 7.48. The molecule has 21 heavy (non-hydrogen) atoms. The van der Waals surface area contributed by atoms with E-state index in [2.05, 4.69) is 33.4 Å². The van der Waals surface area contributed by atoms with Crippen LogP contribution < -0.4 is 5.32 Å². The zero-order valence-electron chi connectivity index (χ0n) is 12.6. The summed E-state index contributed by atoms with van der Waals surface area (Å²) in [6.45, 7) is 1.21. The first-order valence-corrected chi connectivity index (χ1v) is 9.57. The molecule has 0 aliphatic heterocycles. The van der Waals surface area contributed by atoms with Gasteiger partial charge in [0, 0.05) is 15.5 Å². The summed E-state index contributed by atoms with van der Waals surface area (Å²) in [5.74, 6) is 1.62. The SMILES string of the molecule is Clc1cc(Br)ccc1CC1CCCCCC1CNC1CC1. The number of hydrogen-bond acceptors (Lipinski definition) is 1. The van der Waals surface area contributed by atoms with E-state index >= 15 is 0 Å². The Hall–Kier alpha value is -0.0500. The van der Waals surface area contributed by atoms with E-state index in [4.69, 9.17) is 11.6 Å². The second-order valence-electron chi connectivity index (χ2n) is 6.78. The molecule has 3 rings (SSSR count). The van der Waals surface area contributed by atoms with Gasteiger partial charge in [0.15, 0.2) is 0 Å². The van der Waals surface area contributed by atoms with E-state index in [-0.39, 0.29) is 0 Å². The molecule has 3 heteroatoms. The van der Waals surface area contributed by atoms with Crippen LogP contribution in [0.1, 0.15) is 50.5 Å². The lowest BCUT2D eigenvalue weighted by Gasteiger charge is -2.26. The molecule has 0 saturated heterocycles. The molecule has 0 spiro atoms. The van der Waals surface area contributed by atoms with Gasteiger partial charge in [0.05, 0.1) is 0 Å². The Morgan fingerprint density at radius 2 is 1.81 bits per heavy atom. The summed E-state index contributed by atoms with van der Waals surface area (Å²) in [5, 5.41) is 4.67. The molecule has 0 bridgehead atoms. The summed E-state index contributed by atoms with van der Waals surface area (Å²) in [4.78, 5) is 0. The number of halogens is 2. The van der Waals surface area contributed by atoms with Crippen LogP contribution >= 0.6 is 27.5 Å². The molecule has 1 aromatic rings. The number of nitrogens with one attached hydrogen (secondary N) is 1. The van der Waals surface area contributed by atoms with E-state index in [1.165, 1.54) is 57.1 Å². The zero-order valence-corrected chi connectivity index (χ0v) is 14.9. The molecule has 0 amide bonds. The topological polar surface area (TPSA) is 12.0 Å². The van der Waals surface area contributed by atoms with Crippen LogP contribution in [0, 0.1) is 11.8 Å². The maximum absolute atomic E-state index is 6.43. The molecular weight excluding hydrogens is 346 g/mol. The smallest absolute Gasteiger partial charge is 0.0449 e. The van der Waals surface area contributed by atoms with Crippen LogP contribution in [0.3, 0.4) is 0 Å². The molecule has 2 unspecified atom stereocenters. The van der Waals surface area contributed by atoms with Crippen LogP contribution in [-0.4, -0.2) is 12.6 Å². The standard InChI is InChI=1S/C18H25BrClN/c19-16-7-6-14(18(20)11-16)10-13-4-2-1-3-5-15(13)12-21-17-8-9-17/h6-7,11,13,15,17,21H,1-5,8-10,12H2. The van der Waals surface area contributed by atoms with Crippen LogP contribution in [0.15, 0.2) is 22.7 Å². The summed E-state index contributed by atoms with van der Waals surface area (Å²) in [6, 6.07) is 7.17. The summed E-state index contributed by atoms with van der Waals surface area (Å²) in [7, 11) is 0. The average molecular weight is 371 g/mol. The van der Waals surface area contributed by atoms with Gasteiger partial charge in [-0.2, -0.15) is 0 Å². The highest BCUT2D eigenvalue weighted by molar-refractivity contribution is 9.10. The quantitative estimate of drug-likeness (QED) is 0.666. The van der Waals surface area contributed by atoms with E-state index in [0.29, 0.717) is 0 Å². The van der Waals surface area contributed by atoms with E-state index in [9.17, 15) is 0 Å². The molecule has 2 aliphatic carbocycles. The van der Waals surface area contributed by atoms with E-state index in [0.717, 1.165) is 33.8 Å². The molecule has 2 fully saturated rings. The third kappa shape index (κ3) is 4.71. The minimum absolute atomic E-state index is 0.789. The summed E-state index contributed by atoms with van der Waals surface area (Å²) in [6.07, 6.45) is 10.9. The van der Waals surface area contributed by atoms with Crippen molar-refractivity contribution in [2.24, 2.45) is 11.8 Å². The largest absolute Gasteiger partial charge is 0.314 e. The van der Waals surface area contributed by atoms with Gasteiger partial charge in [-0.3, -0.25) is 0 Å². The van der Waals surface area contributed by atoms with Crippen molar-refractivity contribution < 1.29 is 0 Å². The Balaban J connectivity index is 1.65. The Morgan fingerprint density at radius 3 is 2.52 bits per heavy atom. The summed E-state index contributed by atoms with van der Waals surface area (Å²) < 4.78 is 1.07. The molecule has 0 radical (unpaired) electrons. The second-order valence-corrected chi connectivity index (χ2v) is 8.10. The van der Waals surface area contributed by atoms with Gasteiger partial charge in [-0.05, 0) is 68.2 Å². The van der Waals surface area contributed by atoms with Crippen LogP contribution in [0.5, 0.6) is 0 Å².